The van der Waals surface area contributed by atoms with Crippen LogP contribution in [0.25, 0.3) is 32.1 Å². The van der Waals surface area contributed by atoms with E-state index in [0.717, 1.165) is 10.8 Å². The fourth-order valence-corrected chi connectivity index (χ4v) is 5.62. The molecule has 2 aromatic carbocycles. The van der Waals surface area contributed by atoms with Crippen molar-refractivity contribution in [2.24, 2.45) is 0 Å². The molecule has 1 aliphatic heterocycles. The van der Waals surface area contributed by atoms with Crippen LogP contribution in [0.2, 0.25) is 0 Å². The van der Waals surface area contributed by atoms with Crippen molar-refractivity contribution in [2.75, 3.05) is 13.1 Å². The molecule has 156 valence electrons. The fraction of sp³-hybridized carbons (Fsp3) is 0.150. The highest BCUT2D eigenvalue weighted by Gasteiger charge is 2.24. The highest BCUT2D eigenvalue weighted by atomic mass is 35.5. The molecule has 0 amide bonds. The Morgan fingerprint density at radius 3 is 2.47 bits per heavy atom. The van der Waals surface area contributed by atoms with E-state index in [1.165, 1.54) is 29.5 Å². The average molecular weight is 464 g/mol. The number of hydrogen-bond donors (Lipinski definition) is 4. The monoisotopic (exact) mass is 463 g/mol. The normalized spacial score (nSPS) is 14.5. The first-order valence-corrected chi connectivity index (χ1v) is 11.4. The second-order valence-corrected chi connectivity index (χ2v) is 9.63. The van der Waals surface area contributed by atoms with Gasteiger partial charge in [0.2, 0.25) is 10.0 Å². The van der Waals surface area contributed by atoms with Gasteiger partial charge in [-0.25, -0.2) is 13.1 Å². The van der Waals surface area contributed by atoms with Crippen LogP contribution in [-0.2, 0) is 10.0 Å². The summed E-state index contributed by atoms with van der Waals surface area (Å²) < 4.78 is 28.3. The van der Waals surface area contributed by atoms with E-state index in [-0.39, 0.29) is 34.7 Å². The molecule has 0 atom stereocenters. The van der Waals surface area contributed by atoms with Gasteiger partial charge in [0.15, 0.2) is 0 Å². The number of pyridine rings is 1. The summed E-state index contributed by atoms with van der Waals surface area (Å²) in [6.07, 6.45) is 0. The van der Waals surface area contributed by atoms with Crippen LogP contribution in [-0.4, -0.2) is 37.6 Å². The van der Waals surface area contributed by atoms with Gasteiger partial charge in [0.25, 0.3) is 5.56 Å². The summed E-state index contributed by atoms with van der Waals surface area (Å²) in [5.74, 6) is 0.0614. The van der Waals surface area contributed by atoms with Crippen molar-refractivity contribution in [1.82, 2.24) is 15.0 Å². The second-order valence-electron chi connectivity index (χ2n) is 7.00. The molecule has 3 heterocycles. The minimum atomic E-state index is -3.60. The van der Waals surface area contributed by atoms with Crippen molar-refractivity contribution in [2.45, 2.75) is 10.9 Å². The summed E-state index contributed by atoms with van der Waals surface area (Å²) in [5, 5.41) is 16.9. The Labute approximate surface area is 182 Å². The molecule has 10 heteroatoms. The lowest BCUT2D eigenvalue weighted by atomic mass is 9.97. The van der Waals surface area contributed by atoms with Gasteiger partial charge in [0.05, 0.1) is 4.90 Å². The molecule has 5 rings (SSSR count). The summed E-state index contributed by atoms with van der Waals surface area (Å²) in [6, 6.07) is 11.4. The van der Waals surface area contributed by atoms with Gasteiger partial charge in [0.1, 0.15) is 10.4 Å². The number of rotatable bonds is 4. The second kappa shape index (κ2) is 7.68. The maximum absolute atomic E-state index is 12.5. The summed E-state index contributed by atoms with van der Waals surface area (Å²) in [4.78, 5) is 15.3. The molecule has 4 aromatic rings. The number of H-pyrrole nitrogens is 1. The quantitative estimate of drug-likeness (QED) is 0.372. The van der Waals surface area contributed by atoms with Gasteiger partial charge in [-0.1, -0.05) is 12.1 Å². The maximum atomic E-state index is 12.5. The molecule has 1 saturated heterocycles. The zero-order chi connectivity index (χ0) is 20.2. The third kappa shape index (κ3) is 3.38. The Kier molecular flexibility index (Phi) is 5.33. The van der Waals surface area contributed by atoms with E-state index < -0.39 is 10.0 Å². The largest absolute Gasteiger partial charge is 0.507 e. The summed E-state index contributed by atoms with van der Waals surface area (Å²) in [7, 11) is -3.60. The molecule has 4 N–H and O–H groups in total. The molecule has 0 unspecified atom stereocenters. The van der Waals surface area contributed by atoms with Crippen LogP contribution in [0.4, 0.5) is 0 Å². The van der Waals surface area contributed by atoms with Crippen molar-refractivity contribution < 1.29 is 13.5 Å². The number of aromatic hydroxyl groups is 1. The van der Waals surface area contributed by atoms with Gasteiger partial charge in [-0.3, -0.25) is 4.79 Å². The zero-order valence-corrected chi connectivity index (χ0v) is 18.0. The molecule has 0 aliphatic carbocycles. The number of halogens is 1. The van der Waals surface area contributed by atoms with E-state index >= 15 is 0 Å². The topological polar surface area (TPSA) is 111 Å². The lowest BCUT2D eigenvalue weighted by Gasteiger charge is -2.27. The standard InChI is InChI=1S/C20H17N3O4S2.ClH/c24-16-6-5-15-18(14-7-8-28-19(14)20(25)22-15)17(16)11-1-3-13(4-2-11)29(26,27)23-12-9-21-10-12;/h1-8,12,21,23-24H,9-10H2,(H,22,25);1H. The van der Waals surface area contributed by atoms with Crippen LogP contribution in [0, 0.1) is 0 Å². The fourth-order valence-electron chi connectivity index (χ4n) is 3.59. The molecule has 0 saturated carbocycles. The van der Waals surface area contributed by atoms with Crippen molar-refractivity contribution in [3.05, 3.63) is 58.2 Å². The number of sulfonamides is 1. The lowest BCUT2D eigenvalue weighted by Crippen LogP contribution is -2.56. The number of aromatic amines is 1. The van der Waals surface area contributed by atoms with E-state index in [1.807, 2.05) is 11.4 Å². The van der Waals surface area contributed by atoms with Gasteiger partial charge >= 0.3 is 0 Å². The van der Waals surface area contributed by atoms with Gasteiger partial charge in [-0.2, -0.15) is 0 Å². The Balaban J connectivity index is 0.00000218. The molecule has 1 fully saturated rings. The highest BCUT2D eigenvalue weighted by Crippen LogP contribution is 2.39. The van der Waals surface area contributed by atoms with E-state index in [9.17, 15) is 18.3 Å². The molecular weight excluding hydrogens is 446 g/mol. The smallest absolute Gasteiger partial charge is 0.266 e. The van der Waals surface area contributed by atoms with E-state index in [4.69, 9.17) is 0 Å². The molecule has 0 radical (unpaired) electrons. The number of hydrogen-bond acceptors (Lipinski definition) is 6. The first-order valence-electron chi connectivity index (χ1n) is 9.03. The third-order valence-corrected chi connectivity index (χ3v) is 7.58. The molecule has 7 nitrogen and oxygen atoms in total. The van der Waals surface area contributed by atoms with Gasteiger partial charge in [0, 0.05) is 41.0 Å². The number of nitrogens with one attached hydrogen (secondary N) is 3. The number of phenolic OH excluding ortho intramolecular Hbond substituents is 1. The number of phenols is 1. The predicted molar refractivity (Wildman–Crippen MR) is 121 cm³/mol. The summed E-state index contributed by atoms with van der Waals surface area (Å²) >= 11 is 1.34. The van der Waals surface area contributed by atoms with Crippen molar-refractivity contribution in [3.8, 4) is 16.9 Å². The Hall–Kier alpha value is -2.43. The molecule has 0 bridgehead atoms. The Bertz CT molecular complexity index is 1410. The van der Waals surface area contributed by atoms with Crippen LogP contribution in [0.3, 0.4) is 0 Å². The highest BCUT2D eigenvalue weighted by molar-refractivity contribution is 7.89. The average Bonchev–Trinajstić information content (AvgIpc) is 3.16. The van der Waals surface area contributed by atoms with Crippen LogP contribution >= 0.6 is 23.7 Å². The molecule has 30 heavy (non-hydrogen) atoms. The minimum Gasteiger partial charge on any atom is -0.507 e. The van der Waals surface area contributed by atoms with Gasteiger partial charge < -0.3 is 15.4 Å². The van der Waals surface area contributed by atoms with Gasteiger partial charge in [-0.15, -0.1) is 23.7 Å². The maximum Gasteiger partial charge on any atom is 0.266 e. The number of fused-ring (bicyclic) bond motifs is 3. The SMILES string of the molecule is Cl.O=c1[nH]c2ccc(O)c(-c3ccc(S(=O)(=O)NC4CNC4)cc3)c2c2ccsc12. The van der Waals surface area contributed by atoms with Gasteiger partial charge in [-0.05, 0) is 41.3 Å². The number of thiophene rings is 1. The van der Waals surface area contributed by atoms with Crippen LogP contribution < -0.4 is 15.6 Å². The molecule has 0 spiro atoms. The van der Waals surface area contributed by atoms with E-state index in [0.29, 0.717) is 34.4 Å². The summed E-state index contributed by atoms with van der Waals surface area (Å²) in [5.41, 5.74) is 1.67. The number of aromatic nitrogens is 1. The van der Waals surface area contributed by atoms with Crippen molar-refractivity contribution in [3.63, 3.8) is 0 Å². The number of benzene rings is 2. The third-order valence-electron chi connectivity index (χ3n) is 5.13. The van der Waals surface area contributed by atoms with Crippen molar-refractivity contribution in [1.29, 1.82) is 0 Å². The first kappa shape index (κ1) is 20.8. The van der Waals surface area contributed by atoms with Crippen LogP contribution in [0.5, 0.6) is 5.75 Å². The van der Waals surface area contributed by atoms with E-state index in [2.05, 4.69) is 15.0 Å². The van der Waals surface area contributed by atoms with Crippen molar-refractivity contribution >= 4 is 54.8 Å². The minimum absolute atomic E-state index is 0. The van der Waals surface area contributed by atoms with E-state index in [1.54, 1.807) is 18.2 Å². The molecule has 1 aliphatic rings. The van der Waals surface area contributed by atoms with Crippen LogP contribution in [0.15, 0.2) is 57.5 Å². The molecule has 2 aromatic heterocycles. The Morgan fingerprint density at radius 2 is 1.80 bits per heavy atom. The van der Waals surface area contributed by atoms with Crippen LogP contribution in [0.1, 0.15) is 0 Å². The summed E-state index contributed by atoms with van der Waals surface area (Å²) in [6.45, 7) is 1.24. The first-order chi connectivity index (χ1) is 13.9. The predicted octanol–water partition coefficient (Wildman–Crippen LogP) is 2.79. The lowest BCUT2D eigenvalue weighted by molar-refractivity contribution is 0.410. The Morgan fingerprint density at radius 1 is 1.07 bits per heavy atom. The zero-order valence-electron chi connectivity index (χ0n) is 15.5. The molecular formula is C20H18ClN3O4S2.